The number of para-hydroxylation sites is 2. The average Bonchev–Trinajstić information content (AvgIpc) is 2.78. The molecule has 0 saturated heterocycles. The zero-order chi connectivity index (χ0) is 23.2. The van der Waals surface area contributed by atoms with Crippen LogP contribution in [0.5, 0.6) is 5.75 Å². The first kappa shape index (κ1) is 21.8. The molecule has 0 aliphatic carbocycles. The highest BCUT2D eigenvalue weighted by Gasteiger charge is 2.28. The number of amides is 1. The first-order chi connectivity index (χ1) is 15.1. The molecule has 0 spiro atoms. The number of nitrogens with zero attached hydrogens (tertiary/aromatic N) is 3. The highest BCUT2D eigenvalue weighted by molar-refractivity contribution is 7.91. The maximum atomic E-state index is 13.0. The van der Waals surface area contributed by atoms with E-state index in [4.69, 9.17) is 4.74 Å². The van der Waals surface area contributed by atoms with Gasteiger partial charge >= 0.3 is 11.1 Å². The first-order valence-corrected chi connectivity index (χ1v) is 11.7. The van der Waals surface area contributed by atoms with Gasteiger partial charge in [0.15, 0.2) is 9.84 Å². The monoisotopic (exact) mass is 457 g/mol. The molecule has 0 bridgehead atoms. The van der Waals surface area contributed by atoms with E-state index in [-0.39, 0.29) is 29.1 Å². The van der Waals surface area contributed by atoms with Crippen LogP contribution < -0.4 is 20.8 Å². The smallest absolute Gasteiger partial charge is 0.316 e. The van der Waals surface area contributed by atoms with Crippen LogP contribution in [0, 0.1) is 0 Å². The Bertz CT molecular complexity index is 1450. The van der Waals surface area contributed by atoms with Crippen molar-refractivity contribution in [1.82, 2.24) is 9.13 Å². The molecule has 1 atom stereocenters. The fourth-order valence-corrected chi connectivity index (χ4v) is 5.10. The molecule has 168 valence electrons. The van der Waals surface area contributed by atoms with Crippen LogP contribution in [0.2, 0.25) is 0 Å². The lowest BCUT2D eigenvalue weighted by atomic mass is 10.2. The molecule has 1 amide bonds. The van der Waals surface area contributed by atoms with Crippen LogP contribution in [-0.4, -0.2) is 41.9 Å². The summed E-state index contributed by atoms with van der Waals surface area (Å²) in [5.74, 6) is -0.111. The van der Waals surface area contributed by atoms with E-state index in [2.05, 4.69) is 0 Å². The molecule has 10 heteroatoms. The lowest BCUT2D eigenvalue weighted by Gasteiger charge is -2.33. The molecule has 2 aromatic carbocycles. The van der Waals surface area contributed by atoms with Gasteiger partial charge in [-0.15, -0.1) is 0 Å². The van der Waals surface area contributed by atoms with E-state index in [1.807, 2.05) is 13.0 Å². The third-order valence-electron chi connectivity index (χ3n) is 5.63. The topological polar surface area (TPSA) is 108 Å². The van der Waals surface area contributed by atoms with Crippen LogP contribution in [-0.2, 0) is 28.7 Å². The number of aromatic nitrogens is 2. The second kappa shape index (κ2) is 7.94. The molecule has 3 aromatic rings. The molecule has 0 fully saturated rings. The van der Waals surface area contributed by atoms with Crippen molar-refractivity contribution < 1.29 is 17.9 Å². The van der Waals surface area contributed by atoms with Gasteiger partial charge in [0.1, 0.15) is 11.9 Å². The Labute approximate surface area is 184 Å². The number of sulfone groups is 1. The van der Waals surface area contributed by atoms with Gasteiger partial charge < -0.3 is 18.8 Å². The van der Waals surface area contributed by atoms with Crippen molar-refractivity contribution in [3.05, 3.63) is 63.2 Å². The first-order valence-electron chi connectivity index (χ1n) is 10.1. The molecule has 1 aromatic heterocycles. The fourth-order valence-electron chi connectivity index (χ4n) is 3.85. The van der Waals surface area contributed by atoms with E-state index >= 15 is 0 Å². The minimum atomic E-state index is -3.81. The number of aryl methyl sites for hydroxylation is 2. The van der Waals surface area contributed by atoms with Crippen molar-refractivity contribution in [2.75, 3.05) is 17.2 Å². The molecule has 4 rings (SSSR count). The van der Waals surface area contributed by atoms with Gasteiger partial charge in [-0.3, -0.25) is 14.4 Å². The quantitative estimate of drug-likeness (QED) is 0.545. The van der Waals surface area contributed by atoms with E-state index in [9.17, 15) is 22.8 Å². The van der Waals surface area contributed by atoms with Gasteiger partial charge in [-0.25, -0.2) is 8.42 Å². The predicted octanol–water partition coefficient (Wildman–Crippen LogP) is 1.22. The van der Waals surface area contributed by atoms with Crippen LogP contribution in [0.4, 0.5) is 5.69 Å². The summed E-state index contributed by atoms with van der Waals surface area (Å²) in [6.07, 6.45) is -0.410. The lowest BCUT2D eigenvalue weighted by molar-refractivity contribution is -0.118. The maximum absolute atomic E-state index is 13.0. The molecule has 1 unspecified atom stereocenters. The van der Waals surface area contributed by atoms with Crippen molar-refractivity contribution in [3.63, 3.8) is 0 Å². The minimum absolute atomic E-state index is 0.0119. The molecule has 0 radical (unpaired) electrons. The van der Waals surface area contributed by atoms with Gasteiger partial charge in [0, 0.05) is 20.5 Å². The number of benzene rings is 2. The molecule has 9 nitrogen and oxygen atoms in total. The number of ether oxygens (including phenoxy) is 1. The van der Waals surface area contributed by atoms with Crippen molar-refractivity contribution in [2.24, 2.45) is 14.1 Å². The van der Waals surface area contributed by atoms with Gasteiger partial charge in [0.25, 0.3) is 0 Å². The molecule has 1 aliphatic rings. The van der Waals surface area contributed by atoms with E-state index < -0.39 is 21.0 Å². The summed E-state index contributed by atoms with van der Waals surface area (Å²) >= 11 is 0. The van der Waals surface area contributed by atoms with Gasteiger partial charge in [0.2, 0.25) is 5.91 Å². The third-order valence-corrected chi connectivity index (χ3v) is 7.34. The molecular weight excluding hydrogens is 434 g/mol. The van der Waals surface area contributed by atoms with Gasteiger partial charge in [0.05, 0.1) is 33.9 Å². The van der Waals surface area contributed by atoms with Crippen molar-refractivity contribution >= 4 is 32.5 Å². The van der Waals surface area contributed by atoms with E-state index in [1.54, 1.807) is 23.1 Å². The fraction of sp³-hybridized carbons (Fsp3) is 0.318. The van der Waals surface area contributed by atoms with Crippen LogP contribution in [0.3, 0.4) is 0 Å². The Hall–Kier alpha value is -3.40. The summed E-state index contributed by atoms with van der Waals surface area (Å²) in [7, 11) is -0.932. The maximum Gasteiger partial charge on any atom is 0.316 e. The summed E-state index contributed by atoms with van der Waals surface area (Å²) in [5.41, 5.74) is -0.0628. The number of hydrogen-bond donors (Lipinski definition) is 0. The molecular formula is C22H23N3O6S. The van der Waals surface area contributed by atoms with Gasteiger partial charge in [-0.2, -0.15) is 0 Å². The number of fused-ring (bicyclic) bond motifs is 2. The van der Waals surface area contributed by atoms with E-state index in [0.29, 0.717) is 29.0 Å². The molecule has 1 aliphatic heterocycles. The summed E-state index contributed by atoms with van der Waals surface area (Å²) in [6.45, 7) is 2.18. The summed E-state index contributed by atoms with van der Waals surface area (Å²) < 4.78 is 34.0. The zero-order valence-electron chi connectivity index (χ0n) is 17.9. The summed E-state index contributed by atoms with van der Waals surface area (Å²) in [6, 6.07) is 11.4. The largest absolute Gasteiger partial charge is 0.487 e. The number of rotatable bonds is 4. The molecule has 2 heterocycles. The Balaban J connectivity index is 1.60. The highest BCUT2D eigenvalue weighted by Crippen LogP contribution is 2.33. The van der Waals surface area contributed by atoms with Gasteiger partial charge in [-0.05, 0) is 37.3 Å². The van der Waals surface area contributed by atoms with Crippen LogP contribution >= 0.6 is 0 Å². The number of carbonyl (C=O) groups excluding carboxylic acids is 1. The van der Waals surface area contributed by atoms with Crippen molar-refractivity contribution in [2.45, 2.75) is 24.3 Å². The van der Waals surface area contributed by atoms with E-state index in [1.165, 1.54) is 36.9 Å². The molecule has 0 N–H and O–H groups in total. The normalized spacial score (nSPS) is 16.0. The van der Waals surface area contributed by atoms with Crippen molar-refractivity contribution in [3.8, 4) is 5.75 Å². The second-order valence-electron chi connectivity index (χ2n) is 7.85. The zero-order valence-corrected chi connectivity index (χ0v) is 18.8. The van der Waals surface area contributed by atoms with E-state index in [0.717, 1.165) is 4.57 Å². The predicted molar refractivity (Wildman–Crippen MR) is 120 cm³/mol. The Kier molecular flexibility index (Phi) is 5.41. The number of hydrogen-bond acceptors (Lipinski definition) is 6. The summed E-state index contributed by atoms with van der Waals surface area (Å²) in [4.78, 5) is 38.5. The third kappa shape index (κ3) is 3.70. The molecule has 32 heavy (non-hydrogen) atoms. The second-order valence-corrected chi connectivity index (χ2v) is 9.96. The van der Waals surface area contributed by atoms with Gasteiger partial charge in [-0.1, -0.05) is 12.1 Å². The van der Waals surface area contributed by atoms with Crippen LogP contribution in [0.15, 0.2) is 56.9 Å². The highest BCUT2D eigenvalue weighted by atomic mass is 32.2. The number of anilines is 1. The standard InChI is InChI=1S/C22H23N3O6S/c1-14-13-25(17-6-4-5-7-19(17)31-14)20(26)10-11-32(29,30)15-8-9-16-18(12-15)24(3)22(28)21(27)23(16)2/h4-9,12,14H,10-11,13H2,1-3H3. The average molecular weight is 458 g/mol. The Morgan fingerprint density at radius 3 is 2.41 bits per heavy atom. The Morgan fingerprint density at radius 2 is 1.69 bits per heavy atom. The Morgan fingerprint density at radius 1 is 1.03 bits per heavy atom. The van der Waals surface area contributed by atoms with Crippen LogP contribution in [0.25, 0.3) is 11.0 Å². The number of carbonyl (C=O) groups is 1. The van der Waals surface area contributed by atoms with Crippen LogP contribution in [0.1, 0.15) is 13.3 Å². The van der Waals surface area contributed by atoms with Crippen molar-refractivity contribution in [1.29, 1.82) is 0 Å². The molecule has 0 saturated carbocycles. The summed E-state index contributed by atoms with van der Waals surface area (Å²) in [5, 5.41) is 0. The SMILES string of the molecule is CC1CN(C(=O)CCS(=O)(=O)c2ccc3c(c2)n(C)c(=O)c(=O)n3C)c2ccccc2O1. The lowest BCUT2D eigenvalue weighted by Crippen LogP contribution is -2.42. The minimum Gasteiger partial charge on any atom is -0.487 e.